The smallest absolute Gasteiger partial charge is 0.453 e. The predicted octanol–water partition coefficient (Wildman–Crippen LogP) is 2.48. The fraction of sp³-hybridized carbons (Fsp3) is 0.188. The number of ether oxygens (including phenoxy) is 2. The summed E-state index contributed by atoms with van der Waals surface area (Å²) in [5.41, 5.74) is 0.293. The summed E-state index contributed by atoms with van der Waals surface area (Å²) in [5.74, 6) is -0.690. The van der Waals surface area contributed by atoms with Crippen molar-refractivity contribution in [2.24, 2.45) is 0 Å². The van der Waals surface area contributed by atoms with Crippen LogP contribution in [0.25, 0.3) is 17.2 Å². The molecule has 0 aliphatic carbocycles. The lowest BCUT2D eigenvalue weighted by atomic mass is 10.2. The molecule has 1 aliphatic rings. The van der Waals surface area contributed by atoms with Crippen molar-refractivity contribution in [1.82, 2.24) is 19.7 Å². The van der Waals surface area contributed by atoms with E-state index in [4.69, 9.17) is 9.47 Å². The fourth-order valence-corrected chi connectivity index (χ4v) is 3.09. The second kappa shape index (κ2) is 6.19. The lowest BCUT2D eigenvalue weighted by Crippen LogP contribution is -2.09. The quantitative estimate of drug-likeness (QED) is 0.652. The Labute approximate surface area is 156 Å². The first-order chi connectivity index (χ1) is 13.1. The standard InChI is InChI=1S/C16H11F3N4O4S/c1-28(24,25)10-3-5-13(20-7-10)23-14(21-15(22-23)16(17,18)19)9-2-4-11-12(6-9)27-8-26-11/h2-7H,8H2,1H3. The SMILES string of the molecule is CS(=O)(=O)c1ccc(-n2nc(C(F)(F)F)nc2-c2ccc3c(c2)OCO3)nc1. The molecule has 0 saturated carbocycles. The van der Waals surface area contributed by atoms with Crippen LogP contribution in [-0.2, 0) is 16.0 Å². The lowest BCUT2D eigenvalue weighted by molar-refractivity contribution is -0.144. The summed E-state index contributed by atoms with van der Waals surface area (Å²) in [7, 11) is -3.51. The number of halogens is 3. The highest BCUT2D eigenvalue weighted by Gasteiger charge is 2.37. The molecule has 2 aromatic heterocycles. The molecule has 0 amide bonds. The molecule has 0 fully saturated rings. The Bertz CT molecular complexity index is 1160. The highest BCUT2D eigenvalue weighted by atomic mass is 32.2. The van der Waals surface area contributed by atoms with Gasteiger partial charge in [0.05, 0.1) is 4.90 Å². The van der Waals surface area contributed by atoms with Gasteiger partial charge in [0, 0.05) is 18.0 Å². The van der Waals surface area contributed by atoms with Crippen LogP contribution >= 0.6 is 0 Å². The van der Waals surface area contributed by atoms with Gasteiger partial charge in [-0.25, -0.2) is 18.4 Å². The van der Waals surface area contributed by atoms with Crippen molar-refractivity contribution in [2.75, 3.05) is 13.0 Å². The second-order valence-electron chi connectivity index (χ2n) is 5.86. The Morgan fingerprint density at radius 1 is 1.11 bits per heavy atom. The van der Waals surface area contributed by atoms with Crippen molar-refractivity contribution in [3.05, 3.63) is 42.4 Å². The minimum Gasteiger partial charge on any atom is -0.454 e. The van der Waals surface area contributed by atoms with E-state index < -0.39 is 21.8 Å². The van der Waals surface area contributed by atoms with Crippen molar-refractivity contribution in [1.29, 1.82) is 0 Å². The Balaban J connectivity index is 1.86. The van der Waals surface area contributed by atoms with Gasteiger partial charge in [-0.05, 0) is 30.3 Å². The van der Waals surface area contributed by atoms with Crippen molar-refractivity contribution in [3.8, 4) is 28.7 Å². The zero-order valence-electron chi connectivity index (χ0n) is 14.1. The molecule has 8 nitrogen and oxygen atoms in total. The maximum Gasteiger partial charge on any atom is 0.453 e. The zero-order valence-corrected chi connectivity index (χ0v) is 15.0. The van der Waals surface area contributed by atoms with E-state index in [-0.39, 0.29) is 23.3 Å². The van der Waals surface area contributed by atoms with Crippen molar-refractivity contribution in [2.45, 2.75) is 11.1 Å². The average Bonchev–Trinajstić information content (AvgIpc) is 3.27. The number of sulfone groups is 1. The first kappa shape index (κ1) is 18.2. The van der Waals surface area contributed by atoms with E-state index in [0.29, 0.717) is 17.1 Å². The third-order valence-corrected chi connectivity index (χ3v) is 4.96. The maximum atomic E-state index is 13.2. The molecule has 0 spiro atoms. The monoisotopic (exact) mass is 412 g/mol. The van der Waals surface area contributed by atoms with Crippen LogP contribution in [0.5, 0.6) is 11.5 Å². The predicted molar refractivity (Wildman–Crippen MR) is 88.8 cm³/mol. The maximum absolute atomic E-state index is 13.2. The van der Waals surface area contributed by atoms with Gasteiger partial charge >= 0.3 is 6.18 Å². The van der Waals surface area contributed by atoms with Crippen LogP contribution in [0.15, 0.2) is 41.4 Å². The molecular weight excluding hydrogens is 401 g/mol. The van der Waals surface area contributed by atoms with Crippen LogP contribution in [0, 0.1) is 0 Å². The summed E-state index contributed by atoms with van der Waals surface area (Å²) in [6.07, 6.45) is -2.73. The Morgan fingerprint density at radius 3 is 2.50 bits per heavy atom. The molecule has 28 heavy (non-hydrogen) atoms. The first-order valence-corrected chi connectivity index (χ1v) is 9.63. The number of aromatic nitrogens is 4. The van der Waals surface area contributed by atoms with E-state index in [2.05, 4.69) is 15.1 Å². The van der Waals surface area contributed by atoms with Gasteiger partial charge in [-0.15, -0.1) is 5.10 Å². The Morgan fingerprint density at radius 2 is 1.86 bits per heavy atom. The van der Waals surface area contributed by atoms with Crippen molar-refractivity contribution >= 4 is 9.84 Å². The fourth-order valence-electron chi connectivity index (χ4n) is 2.53. The van der Waals surface area contributed by atoms with Crippen molar-refractivity contribution < 1.29 is 31.1 Å². The summed E-state index contributed by atoms with van der Waals surface area (Å²) in [4.78, 5) is 7.45. The molecule has 1 aromatic carbocycles. The van der Waals surface area contributed by atoms with Gasteiger partial charge in [-0.2, -0.15) is 17.9 Å². The highest BCUT2D eigenvalue weighted by Crippen LogP contribution is 2.37. The normalized spacial score (nSPS) is 13.7. The number of hydrogen-bond donors (Lipinski definition) is 0. The minimum atomic E-state index is -4.77. The van der Waals surface area contributed by atoms with Gasteiger partial charge in [0.25, 0.3) is 5.82 Å². The molecule has 146 valence electrons. The number of benzene rings is 1. The molecule has 12 heteroatoms. The van der Waals surface area contributed by atoms with Crippen LogP contribution < -0.4 is 9.47 Å². The molecule has 0 bridgehead atoms. The summed E-state index contributed by atoms with van der Waals surface area (Å²) in [6, 6.07) is 7.02. The zero-order chi connectivity index (χ0) is 20.1. The lowest BCUT2D eigenvalue weighted by Gasteiger charge is -2.06. The molecule has 0 unspecified atom stereocenters. The number of rotatable bonds is 3. The third-order valence-electron chi connectivity index (χ3n) is 3.86. The topological polar surface area (TPSA) is 96.2 Å². The van der Waals surface area contributed by atoms with E-state index in [1.165, 1.54) is 24.3 Å². The van der Waals surface area contributed by atoms with Gasteiger partial charge in [0.2, 0.25) is 6.79 Å². The summed E-state index contributed by atoms with van der Waals surface area (Å²) >= 11 is 0. The molecule has 4 rings (SSSR count). The molecular formula is C16H11F3N4O4S. The van der Waals surface area contributed by atoms with E-state index in [9.17, 15) is 21.6 Å². The minimum absolute atomic E-state index is 0.00773. The second-order valence-corrected chi connectivity index (χ2v) is 7.88. The van der Waals surface area contributed by atoms with Gasteiger partial charge in [-0.1, -0.05) is 0 Å². The summed E-state index contributed by atoms with van der Waals surface area (Å²) in [6.45, 7) is 0.00773. The largest absolute Gasteiger partial charge is 0.454 e. The molecule has 0 atom stereocenters. The van der Waals surface area contributed by atoms with Crippen LogP contribution in [0.3, 0.4) is 0 Å². The highest BCUT2D eigenvalue weighted by molar-refractivity contribution is 7.90. The third kappa shape index (κ3) is 3.26. The van der Waals surface area contributed by atoms with Crippen LogP contribution in [0.1, 0.15) is 5.82 Å². The summed E-state index contributed by atoms with van der Waals surface area (Å²) in [5, 5.41) is 3.51. The number of pyridine rings is 1. The average molecular weight is 412 g/mol. The van der Waals surface area contributed by atoms with Gasteiger partial charge in [0.15, 0.2) is 33.0 Å². The van der Waals surface area contributed by atoms with E-state index in [1.54, 1.807) is 6.07 Å². The van der Waals surface area contributed by atoms with E-state index in [1.807, 2.05) is 0 Å². The molecule has 1 aliphatic heterocycles. The number of fused-ring (bicyclic) bond motifs is 1. The molecule has 0 radical (unpaired) electrons. The van der Waals surface area contributed by atoms with Gasteiger partial charge in [0.1, 0.15) is 0 Å². The number of hydrogen-bond acceptors (Lipinski definition) is 7. The van der Waals surface area contributed by atoms with Gasteiger partial charge < -0.3 is 9.47 Å². The first-order valence-electron chi connectivity index (χ1n) is 7.74. The molecule has 0 N–H and O–H groups in total. The van der Waals surface area contributed by atoms with Crippen LogP contribution in [-0.4, -0.2) is 41.2 Å². The van der Waals surface area contributed by atoms with Crippen LogP contribution in [0.4, 0.5) is 13.2 Å². The van der Waals surface area contributed by atoms with E-state index >= 15 is 0 Å². The van der Waals surface area contributed by atoms with Crippen molar-refractivity contribution in [3.63, 3.8) is 0 Å². The Hall–Kier alpha value is -3.15. The number of alkyl halides is 3. The van der Waals surface area contributed by atoms with E-state index in [0.717, 1.165) is 17.1 Å². The molecule has 0 saturated heterocycles. The van der Waals surface area contributed by atoms with Crippen LogP contribution in [0.2, 0.25) is 0 Å². The Kier molecular flexibility index (Phi) is 4.03. The molecule has 3 aromatic rings. The number of nitrogens with zero attached hydrogens (tertiary/aromatic N) is 4. The summed E-state index contributed by atoms with van der Waals surface area (Å²) < 4.78 is 74.0. The van der Waals surface area contributed by atoms with Gasteiger partial charge in [-0.3, -0.25) is 0 Å². The molecule has 3 heterocycles.